The number of aryl methyl sites for hydroxylation is 1. The number of carbonyl (C=O) groups excluding carboxylic acids is 1. The number of aromatic nitrogens is 4. The number of ether oxygens (including phenoxy) is 2. The molecule has 27 heavy (non-hydrogen) atoms. The number of anilines is 1. The van der Waals surface area contributed by atoms with Crippen molar-refractivity contribution in [1.29, 1.82) is 0 Å². The molecule has 2 aromatic carbocycles. The maximum atomic E-state index is 12.3. The minimum Gasteiger partial charge on any atom is -0.497 e. The molecule has 140 valence electrons. The predicted octanol–water partition coefficient (Wildman–Crippen LogP) is 2.72. The summed E-state index contributed by atoms with van der Waals surface area (Å²) in [4.78, 5) is 12.3. The van der Waals surface area contributed by atoms with Crippen molar-refractivity contribution in [2.75, 3.05) is 25.3 Å². The molecule has 1 aromatic heterocycles. The summed E-state index contributed by atoms with van der Waals surface area (Å²) in [6.45, 7) is 2.00. The highest BCUT2D eigenvalue weighted by molar-refractivity contribution is 7.99. The second-order valence-corrected chi connectivity index (χ2v) is 6.56. The fraction of sp³-hybridized carbons (Fsp3) is 0.222. The Morgan fingerprint density at radius 2 is 2.04 bits per heavy atom. The zero-order chi connectivity index (χ0) is 19.2. The summed E-state index contributed by atoms with van der Waals surface area (Å²) in [6.07, 6.45) is 0. The fourth-order valence-corrected chi connectivity index (χ4v) is 3.10. The van der Waals surface area contributed by atoms with Crippen molar-refractivity contribution >= 4 is 23.4 Å². The van der Waals surface area contributed by atoms with Crippen molar-refractivity contribution in [3.63, 3.8) is 0 Å². The van der Waals surface area contributed by atoms with E-state index in [2.05, 4.69) is 20.8 Å². The first-order valence-electron chi connectivity index (χ1n) is 8.11. The van der Waals surface area contributed by atoms with Gasteiger partial charge in [-0.3, -0.25) is 4.79 Å². The molecule has 0 spiro atoms. The van der Waals surface area contributed by atoms with Crippen molar-refractivity contribution in [2.45, 2.75) is 12.1 Å². The molecule has 1 amide bonds. The lowest BCUT2D eigenvalue weighted by molar-refractivity contribution is -0.113. The van der Waals surface area contributed by atoms with E-state index in [4.69, 9.17) is 9.47 Å². The van der Waals surface area contributed by atoms with Crippen LogP contribution in [0.15, 0.2) is 47.6 Å². The van der Waals surface area contributed by atoms with E-state index >= 15 is 0 Å². The Morgan fingerprint density at radius 3 is 2.78 bits per heavy atom. The van der Waals surface area contributed by atoms with Gasteiger partial charge in [0.25, 0.3) is 0 Å². The van der Waals surface area contributed by atoms with E-state index in [1.165, 1.54) is 18.9 Å². The normalized spacial score (nSPS) is 10.5. The third-order valence-corrected chi connectivity index (χ3v) is 4.62. The fourth-order valence-electron chi connectivity index (χ4n) is 2.41. The molecule has 1 N–H and O–H groups in total. The first kappa shape index (κ1) is 18.7. The quantitative estimate of drug-likeness (QED) is 0.625. The number of tetrazole rings is 1. The zero-order valence-electron chi connectivity index (χ0n) is 15.2. The summed E-state index contributed by atoms with van der Waals surface area (Å²) in [6, 6.07) is 13.0. The van der Waals surface area contributed by atoms with Gasteiger partial charge in [-0.1, -0.05) is 23.9 Å². The number of thioether (sulfide) groups is 1. The number of nitrogens with one attached hydrogen (secondary N) is 1. The van der Waals surface area contributed by atoms with Gasteiger partial charge in [-0.05, 0) is 47.2 Å². The number of rotatable bonds is 7. The van der Waals surface area contributed by atoms with E-state index in [1.54, 1.807) is 30.0 Å². The highest BCUT2D eigenvalue weighted by atomic mass is 32.2. The van der Waals surface area contributed by atoms with Crippen molar-refractivity contribution < 1.29 is 14.3 Å². The molecule has 0 radical (unpaired) electrons. The van der Waals surface area contributed by atoms with Crippen LogP contribution >= 0.6 is 11.8 Å². The minimum absolute atomic E-state index is 0.154. The lowest BCUT2D eigenvalue weighted by atomic mass is 10.2. The van der Waals surface area contributed by atoms with Crippen LogP contribution in [0.2, 0.25) is 0 Å². The Balaban J connectivity index is 1.66. The number of benzene rings is 2. The van der Waals surface area contributed by atoms with Crippen LogP contribution in [0.4, 0.5) is 5.69 Å². The molecule has 0 aliphatic heterocycles. The van der Waals surface area contributed by atoms with Gasteiger partial charge in [-0.25, -0.2) is 0 Å². The summed E-state index contributed by atoms with van der Waals surface area (Å²) in [5.41, 5.74) is 2.52. The van der Waals surface area contributed by atoms with Gasteiger partial charge in [0, 0.05) is 6.07 Å². The van der Waals surface area contributed by atoms with Crippen LogP contribution in [-0.4, -0.2) is 46.1 Å². The topological polar surface area (TPSA) is 91.2 Å². The summed E-state index contributed by atoms with van der Waals surface area (Å²) in [5.74, 6) is 1.14. The van der Waals surface area contributed by atoms with E-state index in [9.17, 15) is 4.79 Å². The Bertz CT molecular complexity index is 944. The molecular formula is C18H19N5O3S. The first-order chi connectivity index (χ1) is 13.1. The maximum absolute atomic E-state index is 12.3. The van der Waals surface area contributed by atoms with E-state index in [0.29, 0.717) is 22.3 Å². The standard InChI is InChI=1S/C18H19N5O3S/c1-12-5-4-6-13(9-12)23-18(20-21-22-23)27-11-17(24)19-15-8-7-14(25-2)10-16(15)26-3/h4-10H,11H2,1-3H3,(H,19,24). The Labute approximate surface area is 160 Å². The van der Waals surface area contributed by atoms with E-state index in [-0.39, 0.29) is 11.7 Å². The molecule has 1 heterocycles. The third kappa shape index (κ3) is 4.56. The van der Waals surface area contributed by atoms with Gasteiger partial charge in [0.1, 0.15) is 11.5 Å². The summed E-state index contributed by atoms with van der Waals surface area (Å²) in [5, 5.41) is 15.1. The van der Waals surface area contributed by atoms with Gasteiger partial charge in [-0.15, -0.1) is 5.10 Å². The summed E-state index contributed by atoms with van der Waals surface area (Å²) >= 11 is 1.25. The number of hydrogen-bond donors (Lipinski definition) is 1. The molecule has 9 heteroatoms. The lowest BCUT2D eigenvalue weighted by Gasteiger charge is -2.11. The molecule has 0 unspecified atom stereocenters. The number of carbonyl (C=O) groups is 1. The van der Waals surface area contributed by atoms with Crippen LogP contribution in [0.1, 0.15) is 5.56 Å². The number of hydrogen-bond acceptors (Lipinski definition) is 7. The molecule has 0 saturated carbocycles. The molecule has 3 aromatic rings. The van der Waals surface area contributed by atoms with Crippen LogP contribution in [0, 0.1) is 6.92 Å². The molecule has 0 fully saturated rings. The van der Waals surface area contributed by atoms with E-state index < -0.39 is 0 Å². The van der Waals surface area contributed by atoms with E-state index in [0.717, 1.165) is 11.3 Å². The lowest BCUT2D eigenvalue weighted by Crippen LogP contribution is -2.15. The van der Waals surface area contributed by atoms with Crippen LogP contribution in [0.25, 0.3) is 5.69 Å². The van der Waals surface area contributed by atoms with Gasteiger partial charge in [0.05, 0.1) is 31.3 Å². The number of methoxy groups -OCH3 is 2. The van der Waals surface area contributed by atoms with Gasteiger partial charge >= 0.3 is 0 Å². The monoisotopic (exact) mass is 385 g/mol. The Morgan fingerprint density at radius 1 is 1.19 bits per heavy atom. The Hall–Kier alpha value is -3.07. The molecule has 3 rings (SSSR count). The highest BCUT2D eigenvalue weighted by Crippen LogP contribution is 2.29. The molecule has 0 bridgehead atoms. The molecule has 0 aliphatic carbocycles. The number of amides is 1. The van der Waals surface area contributed by atoms with Gasteiger partial charge in [0.2, 0.25) is 11.1 Å². The zero-order valence-corrected chi connectivity index (χ0v) is 16.0. The second kappa shape index (κ2) is 8.54. The third-order valence-electron chi connectivity index (χ3n) is 3.70. The molecule has 0 atom stereocenters. The SMILES string of the molecule is COc1ccc(NC(=O)CSc2nnnn2-c2cccc(C)c2)c(OC)c1. The highest BCUT2D eigenvalue weighted by Gasteiger charge is 2.13. The molecule has 8 nitrogen and oxygen atoms in total. The van der Waals surface area contributed by atoms with Crippen molar-refractivity contribution in [3.05, 3.63) is 48.0 Å². The van der Waals surface area contributed by atoms with E-state index in [1.807, 2.05) is 31.2 Å². The first-order valence-corrected chi connectivity index (χ1v) is 9.09. The van der Waals surface area contributed by atoms with Gasteiger partial charge in [-0.2, -0.15) is 4.68 Å². The number of nitrogens with zero attached hydrogens (tertiary/aromatic N) is 4. The predicted molar refractivity (Wildman–Crippen MR) is 103 cm³/mol. The van der Waals surface area contributed by atoms with Gasteiger partial charge in [0.15, 0.2) is 0 Å². The average Bonchev–Trinajstić information content (AvgIpc) is 3.15. The average molecular weight is 385 g/mol. The second-order valence-electron chi connectivity index (χ2n) is 5.62. The van der Waals surface area contributed by atoms with Crippen LogP contribution in [0.3, 0.4) is 0 Å². The Kier molecular flexibility index (Phi) is 5.92. The summed E-state index contributed by atoms with van der Waals surface area (Å²) in [7, 11) is 3.11. The molecule has 0 aliphatic rings. The van der Waals surface area contributed by atoms with Crippen molar-refractivity contribution in [2.24, 2.45) is 0 Å². The smallest absolute Gasteiger partial charge is 0.234 e. The maximum Gasteiger partial charge on any atom is 0.234 e. The molecule has 0 saturated heterocycles. The van der Waals surface area contributed by atoms with Crippen LogP contribution in [-0.2, 0) is 4.79 Å². The minimum atomic E-state index is -0.192. The molecular weight excluding hydrogens is 366 g/mol. The van der Waals surface area contributed by atoms with Gasteiger partial charge < -0.3 is 14.8 Å². The van der Waals surface area contributed by atoms with Crippen molar-refractivity contribution in [1.82, 2.24) is 20.2 Å². The van der Waals surface area contributed by atoms with Crippen molar-refractivity contribution in [3.8, 4) is 17.2 Å². The largest absolute Gasteiger partial charge is 0.497 e. The van der Waals surface area contributed by atoms with Crippen LogP contribution in [0.5, 0.6) is 11.5 Å². The summed E-state index contributed by atoms with van der Waals surface area (Å²) < 4.78 is 12.1. The van der Waals surface area contributed by atoms with Crippen LogP contribution < -0.4 is 14.8 Å².